The van der Waals surface area contributed by atoms with Crippen molar-refractivity contribution in [2.24, 2.45) is 5.92 Å². The molecule has 1 unspecified atom stereocenters. The van der Waals surface area contributed by atoms with E-state index in [0.717, 1.165) is 6.42 Å². The van der Waals surface area contributed by atoms with Gasteiger partial charge in [-0.3, -0.25) is 4.79 Å². The monoisotopic (exact) mass is 584 g/mol. The number of hydrogen-bond acceptors (Lipinski definition) is 4. The normalized spacial score (nSPS) is 17.5. The van der Waals surface area contributed by atoms with Crippen LogP contribution in [-0.4, -0.2) is 17.7 Å². The topological polar surface area (TPSA) is 55.8 Å². The molecule has 42 heavy (non-hydrogen) atoms. The van der Waals surface area contributed by atoms with Crippen molar-refractivity contribution in [3.8, 4) is 22.6 Å². The predicted molar refractivity (Wildman–Crippen MR) is 153 cm³/mol. The Morgan fingerprint density at radius 1 is 0.929 bits per heavy atom. The van der Waals surface area contributed by atoms with Gasteiger partial charge in [-0.15, -0.1) is 6.58 Å². The summed E-state index contributed by atoms with van der Waals surface area (Å²) in [6.45, 7) is 5.82. The first-order chi connectivity index (χ1) is 20.2. The van der Waals surface area contributed by atoms with Crippen LogP contribution in [0.4, 0.5) is 17.6 Å². The fourth-order valence-electron chi connectivity index (χ4n) is 5.37. The summed E-state index contributed by atoms with van der Waals surface area (Å²) in [5, 5.41) is 10.1. The Balaban J connectivity index is 1.36. The van der Waals surface area contributed by atoms with Gasteiger partial charge in [-0.2, -0.15) is 8.78 Å². The predicted octanol–water partition coefficient (Wildman–Crippen LogP) is 8.97. The first-order valence-electron chi connectivity index (χ1n) is 14.4. The molecule has 1 aliphatic rings. The maximum atomic E-state index is 15.0. The van der Waals surface area contributed by atoms with Crippen molar-refractivity contribution in [1.29, 1.82) is 0 Å². The molecule has 0 aliphatic heterocycles. The average molecular weight is 585 g/mol. The molecule has 0 spiro atoms. The van der Waals surface area contributed by atoms with Crippen molar-refractivity contribution in [3.63, 3.8) is 0 Å². The number of esters is 1. The second-order valence-electron chi connectivity index (χ2n) is 10.7. The molecule has 4 rings (SSSR count). The molecule has 0 heterocycles. The van der Waals surface area contributed by atoms with Gasteiger partial charge < -0.3 is 14.6 Å². The number of hydrogen-bond donors (Lipinski definition) is 1. The van der Waals surface area contributed by atoms with Crippen LogP contribution in [-0.2, 0) is 4.79 Å². The number of allylic oxidation sites excluding steroid dienone is 1. The first kappa shape index (κ1) is 31.3. The number of carbonyl (C=O) groups is 1. The number of benzene rings is 3. The molecule has 0 bridgehead atoms. The maximum Gasteiger partial charge on any atom is 0.314 e. The van der Waals surface area contributed by atoms with Crippen molar-refractivity contribution in [2.45, 2.75) is 70.3 Å². The van der Waals surface area contributed by atoms with Crippen LogP contribution in [0.25, 0.3) is 11.1 Å². The quantitative estimate of drug-likeness (QED) is 0.0759. The minimum atomic E-state index is -1.27. The van der Waals surface area contributed by atoms with Crippen LogP contribution in [0.15, 0.2) is 61.2 Å². The molecule has 1 N–H and O–H groups in total. The summed E-state index contributed by atoms with van der Waals surface area (Å²) < 4.78 is 69.9. The van der Waals surface area contributed by atoms with Crippen LogP contribution < -0.4 is 9.47 Å². The molecule has 1 fully saturated rings. The van der Waals surface area contributed by atoms with Crippen LogP contribution >= 0.6 is 0 Å². The summed E-state index contributed by atoms with van der Waals surface area (Å²) in [5.74, 6) is -6.60. The zero-order chi connectivity index (χ0) is 30.2. The lowest BCUT2D eigenvalue weighted by Crippen LogP contribution is -2.26. The van der Waals surface area contributed by atoms with Crippen molar-refractivity contribution >= 4 is 5.97 Å². The first-order valence-corrected chi connectivity index (χ1v) is 14.4. The van der Waals surface area contributed by atoms with Crippen LogP contribution in [0.5, 0.6) is 11.5 Å². The smallest absolute Gasteiger partial charge is 0.314 e. The van der Waals surface area contributed by atoms with E-state index >= 15 is 0 Å². The zero-order valence-corrected chi connectivity index (χ0v) is 23.7. The summed E-state index contributed by atoms with van der Waals surface area (Å²) in [6.07, 6.45) is 5.35. The van der Waals surface area contributed by atoms with Gasteiger partial charge in [-0.05, 0) is 85.8 Å². The minimum absolute atomic E-state index is 0.00628. The third-order valence-corrected chi connectivity index (χ3v) is 7.81. The van der Waals surface area contributed by atoms with E-state index in [1.807, 2.05) is 6.92 Å². The van der Waals surface area contributed by atoms with E-state index in [1.54, 1.807) is 30.3 Å². The Morgan fingerprint density at radius 2 is 1.60 bits per heavy atom. The molecule has 4 nitrogen and oxygen atoms in total. The van der Waals surface area contributed by atoms with E-state index in [0.29, 0.717) is 56.1 Å². The molecule has 0 saturated heterocycles. The van der Waals surface area contributed by atoms with E-state index in [4.69, 9.17) is 9.47 Å². The minimum Gasteiger partial charge on any atom is -0.490 e. The average Bonchev–Trinajstić information content (AvgIpc) is 3.00. The summed E-state index contributed by atoms with van der Waals surface area (Å²) in [4.78, 5) is 12.8. The molecule has 8 heteroatoms. The molecule has 1 atom stereocenters. The van der Waals surface area contributed by atoms with Gasteiger partial charge in [0.2, 0.25) is 11.6 Å². The lowest BCUT2D eigenvalue weighted by Gasteiger charge is -2.28. The van der Waals surface area contributed by atoms with E-state index in [1.165, 1.54) is 24.3 Å². The van der Waals surface area contributed by atoms with Gasteiger partial charge in [-0.25, -0.2) is 8.78 Å². The van der Waals surface area contributed by atoms with Crippen LogP contribution in [0.3, 0.4) is 0 Å². The third kappa shape index (κ3) is 7.21. The molecule has 1 aliphatic carbocycles. The lowest BCUT2D eigenvalue weighted by molar-refractivity contribution is -0.140. The fraction of sp³-hybridized carbons (Fsp3) is 0.382. The Morgan fingerprint density at radius 3 is 2.26 bits per heavy atom. The summed E-state index contributed by atoms with van der Waals surface area (Å²) in [5.41, 5.74) is 1.35. The zero-order valence-electron chi connectivity index (χ0n) is 23.7. The second kappa shape index (κ2) is 14.5. The van der Waals surface area contributed by atoms with Crippen LogP contribution in [0, 0.1) is 29.2 Å². The number of rotatable bonds is 12. The molecular weight excluding hydrogens is 548 g/mol. The van der Waals surface area contributed by atoms with Crippen molar-refractivity contribution in [1.82, 2.24) is 0 Å². The standard InChI is InChI=1S/C34H36F4O4/c1-3-5-6-20-41-28-18-16-25(30(35)32(28)37)22-10-14-24(15-11-22)34(40)42-29-19-17-26(31(36)33(29)38)21-8-12-23(13-9-21)27(39)7-4-2/h3,8-9,12-13,16-19,22,24,27,39H,1,4-7,10-11,14-15,20H2,2H3. The van der Waals surface area contributed by atoms with Gasteiger partial charge in [0, 0.05) is 5.56 Å². The van der Waals surface area contributed by atoms with Gasteiger partial charge >= 0.3 is 5.97 Å². The molecular formula is C34H36F4O4. The molecule has 0 aromatic heterocycles. The van der Waals surface area contributed by atoms with Gasteiger partial charge in [0.25, 0.3) is 0 Å². The number of ether oxygens (including phenoxy) is 2. The summed E-state index contributed by atoms with van der Waals surface area (Å²) in [6, 6.07) is 12.1. The molecule has 224 valence electrons. The Labute approximate surface area is 244 Å². The van der Waals surface area contributed by atoms with E-state index in [9.17, 15) is 27.5 Å². The number of unbranched alkanes of at least 4 members (excludes halogenated alkanes) is 1. The van der Waals surface area contributed by atoms with Gasteiger partial charge in [0.05, 0.1) is 18.6 Å². The highest BCUT2D eigenvalue weighted by molar-refractivity contribution is 5.76. The molecule has 3 aromatic carbocycles. The van der Waals surface area contributed by atoms with E-state index < -0.39 is 47.0 Å². The third-order valence-electron chi connectivity index (χ3n) is 7.81. The van der Waals surface area contributed by atoms with Crippen LogP contribution in [0.2, 0.25) is 0 Å². The van der Waals surface area contributed by atoms with Gasteiger partial charge in [0.15, 0.2) is 23.1 Å². The number of aliphatic hydroxyl groups excluding tert-OH is 1. The molecule has 3 aromatic rings. The maximum absolute atomic E-state index is 15.0. The molecule has 1 saturated carbocycles. The van der Waals surface area contributed by atoms with Crippen LogP contribution in [0.1, 0.15) is 81.4 Å². The number of carbonyl (C=O) groups excluding carboxylic acids is 1. The SMILES string of the molecule is C=CCCCOc1ccc(C2CCC(C(=O)Oc3ccc(-c4ccc(C(O)CCC)cc4)c(F)c3F)CC2)c(F)c1F. The van der Waals surface area contributed by atoms with Crippen molar-refractivity contribution in [2.75, 3.05) is 6.61 Å². The largest absolute Gasteiger partial charge is 0.490 e. The highest BCUT2D eigenvalue weighted by Crippen LogP contribution is 2.40. The second-order valence-corrected chi connectivity index (χ2v) is 10.7. The Kier molecular flexibility index (Phi) is 10.8. The van der Waals surface area contributed by atoms with E-state index in [-0.39, 0.29) is 29.4 Å². The summed E-state index contributed by atoms with van der Waals surface area (Å²) in [7, 11) is 0. The fourth-order valence-corrected chi connectivity index (χ4v) is 5.37. The van der Waals surface area contributed by atoms with Gasteiger partial charge in [-0.1, -0.05) is 49.8 Å². The Bertz CT molecular complexity index is 1380. The van der Waals surface area contributed by atoms with E-state index in [2.05, 4.69) is 6.58 Å². The van der Waals surface area contributed by atoms with Gasteiger partial charge in [0.1, 0.15) is 0 Å². The highest BCUT2D eigenvalue weighted by atomic mass is 19.2. The molecule has 0 radical (unpaired) electrons. The number of halogens is 4. The highest BCUT2D eigenvalue weighted by Gasteiger charge is 2.31. The molecule has 0 amide bonds. The number of aliphatic hydroxyl groups is 1. The summed E-state index contributed by atoms with van der Waals surface area (Å²) >= 11 is 0. The van der Waals surface area contributed by atoms with Crippen molar-refractivity contribution in [3.05, 3.63) is 95.6 Å². The lowest BCUT2D eigenvalue weighted by atomic mass is 9.78. The van der Waals surface area contributed by atoms with Crippen molar-refractivity contribution < 1.29 is 36.9 Å². The Hall–Kier alpha value is -3.65.